The number of hydrogen-bond donors (Lipinski definition) is 4. The van der Waals surface area contributed by atoms with Gasteiger partial charge in [-0.2, -0.15) is 18.2 Å². The number of halogens is 3. The molecule has 1 aromatic carbocycles. The zero-order valence-electron chi connectivity index (χ0n) is 9.85. The highest BCUT2D eigenvalue weighted by molar-refractivity contribution is 5.98. The van der Waals surface area contributed by atoms with Gasteiger partial charge in [0.1, 0.15) is 0 Å². The smallest absolute Gasteiger partial charge is 0.418 e. The van der Waals surface area contributed by atoms with Gasteiger partial charge in [-0.1, -0.05) is 6.07 Å². The van der Waals surface area contributed by atoms with E-state index in [1.54, 1.807) is 0 Å². The highest BCUT2D eigenvalue weighted by atomic mass is 19.4. The molecule has 0 amide bonds. The van der Waals surface area contributed by atoms with Crippen molar-refractivity contribution < 1.29 is 23.1 Å². The van der Waals surface area contributed by atoms with Crippen LogP contribution in [0.25, 0.3) is 0 Å². The second kappa shape index (κ2) is 5.47. The number of guanidine groups is 2. The van der Waals surface area contributed by atoms with Crippen LogP contribution in [-0.2, 0) is 6.18 Å². The van der Waals surface area contributed by atoms with E-state index in [-0.39, 0.29) is 0 Å². The molecule has 1 aromatic rings. The maximum Gasteiger partial charge on any atom is 0.418 e. The molecule has 7 nitrogen and oxygen atoms in total. The highest BCUT2D eigenvalue weighted by Gasteiger charge is 2.35. The summed E-state index contributed by atoms with van der Waals surface area (Å²) in [4.78, 5) is 17.5. The van der Waals surface area contributed by atoms with Crippen molar-refractivity contribution in [3.63, 3.8) is 0 Å². The summed E-state index contributed by atoms with van der Waals surface area (Å²) in [5, 5.41) is 8.89. The van der Waals surface area contributed by atoms with Crippen molar-refractivity contribution in [3.05, 3.63) is 29.3 Å². The van der Waals surface area contributed by atoms with Crippen molar-refractivity contribution in [1.82, 2.24) is 0 Å². The first kappa shape index (κ1) is 15.3. The van der Waals surface area contributed by atoms with Gasteiger partial charge in [-0.25, -0.2) is 9.79 Å². The molecular formula is C10H10F3N5O2. The van der Waals surface area contributed by atoms with Gasteiger partial charge in [0.05, 0.1) is 16.8 Å². The fraction of sp³-hybridized carbons (Fsp3) is 0.100. The molecule has 7 N–H and O–H groups in total. The molecule has 10 heteroatoms. The first-order chi connectivity index (χ1) is 9.12. The van der Waals surface area contributed by atoms with Crippen molar-refractivity contribution >= 4 is 23.6 Å². The standard InChI is InChI=1S/C10H10F3N5O2/c11-10(12,13)5-3-1-2-4(7(19)20)6(5)17-9(16)18-8(14)15/h1-3H,(H,19,20)(H6,14,15,16,17,18). The molecule has 0 spiro atoms. The Bertz CT molecular complexity index is 591. The number of aliphatic imine (C=N–C) groups is 2. The molecule has 0 unspecified atom stereocenters. The van der Waals surface area contributed by atoms with Crippen LogP contribution in [0.2, 0.25) is 0 Å². The summed E-state index contributed by atoms with van der Waals surface area (Å²) in [5.41, 5.74) is 12.4. The molecule has 0 aliphatic heterocycles. The van der Waals surface area contributed by atoms with Crippen LogP contribution in [0.5, 0.6) is 0 Å². The number of aromatic carboxylic acids is 1. The molecule has 0 heterocycles. The maximum atomic E-state index is 12.8. The minimum Gasteiger partial charge on any atom is -0.478 e. The first-order valence-corrected chi connectivity index (χ1v) is 5.00. The van der Waals surface area contributed by atoms with Gasteiger partial charge in [-0.05, 0) is 12.1 Å². The van der Waals surface area contributed by atoms with E-state index in [0.29, 0.717) is 6.07 Å². The summed E-state index contributed by atoms with van der Waals surface area (Å²) in [7, 11) is 0. The Labute approximate surface area is 110 Å². The van der Waals surface area contributed by atoms with Crippen LogP contribution < -0.4 is 17.2 Å². The van der Waals surface area contributed by atoms with Crippen LogP contribution >= 0.6 is 0 Å². The van der Waals surface area contributed by atoms with Crippen LogP contribution in [0, 0.1) is 0 Å². The number of carboxylic acid groups (broad SMARTS) is 1. The fourth-order valence-corrected chi connectivity index (χ4v) is 1.34. The topological polar surface area (TPSA) is 140 Å². The summed E-state index contributed by atoms with van der Waals surface area (Å²) in [6.07, 6.45) is -4.80. The second-order valence-corrected chi connectivity index (χ2v) is 3.51. The lowest BCUT2D eigenvalue weighted by atomic mass is 10.1. The third-order valence-electron chi connectivity index (χ3n) is 2.04. The number of para-hydroxylation sites is 1. The van der Waals surface area contributed by atoms with Crippen molar-refractivity contribution in [3.8, 4) is 0 Å². The van der Waals surface area contributed by atoms with Gasteiger partial charge in [0.15, 0.2) is 5.96 Å². The molecule has 0 fully saturated rings. The molecular weight excluding hydrogens is 279 g/mol. The molecule has 0 aromatic heterocycles. The Balaban J connectivity index is 3.56. The summed E-state index contributed by atoms with van der Waals surface area (Å²) in [5.74, 6) is -2.80. The largest absolute Gasteiger partial charge is 0.478 e. The molecule has 0 bridgehead atoms. The third-order valence-corrected chi connectivity index (χ3v) is 2.04. The van der Waals surface area contributed by atoms with E-state index in [9.17, 15) is 18.0 Å². The molecule has 1 rings (SSSR count). The summed E-state index contributed by atoms with van der Waals surface area (Å²) >= 11 is 0. The molecule has 0 saturated heterocycles. The number of nitrogens with zero attached hydrogens (tertiary/aromatic N) is 2. The van der Waals surface area contributed by atoms with Gasteiger partial charge in [0, 0.05) is 0 Å². The van der Waals surface area contributed by atoms with Gasteiger partial charge in [0.2, 0.25) is 5.96 Å². The number of carbonyl (C=O) groups is 1. The minimum atomic E-state index is -4.80. The number of benzene rings is 1. The molecule has 0 saturated carbocycles. The van der Waals surface area contributed by atoms with Crippen LogP contribution in [0.1, 0.15) is 15.9 Å². The van der Waals surface area contributed by atoms with Crippen LogP contribution in [-0.4, -0.2) is 23.0 Å². The molecule has 0 aliphatic rings. The van der Waals surface area contributed by atoms with Crippen molar-refractivity contribution in [2.45, 2.75) is 6.18 Å². The predicted octanol–water partition coefficient (Wildman–Crippen LogP) is 0.623. The van der Waals surface area contributed by atoms with Gasteiger partial charge < -0.3 is 22.3 Å². The van der Waals surface area contributed by atoms with Crippen LogP contribution in [0.3, 0.4) is 0 Å². The SMILES string of the molecule is NC(N)=NC(N)=Nc1c(C(=O)O)cccc1C(F)(F)F. The van der Waals surface area contributed by atoms with Crippen molar-refractivity contribution in [2.75, 3.05) is 0 Å². The second-order valence-electron chi connectivity index (χ2n) is 3.51. The number of alkyl halides is 3. The normalized spacial score (nSPS) is 12.1. The van der Waals surface area contributed by atoms with Gasteiger partial charge >= 0.3 is 12.1 Å². The molecule has 0 atom stereocenters. The van der Waals surface area contributed by atoms with Crippen molar-refractivity contribution in [1.29, 1.82) is 0 Å². The zero-order valence-corrected chi connectivity index (χ0v) is 9.85. The van der Waals surface area contributed by atoms with Gasteiger partial charge in [-0.15, -0.1) is 0 Å². The number of rotatable bonds is 2. The number of hydrogen-bond acceptors (Lipinski definition) is 2. The highest BCUT2D eigenvalue weighted by Crippen LogP contribution is 2.38. The number of carboxylic acids is 1. The molecule has 0 radical (unpaired) electrons. The lowest BCUT2D eigenvalue weighted by Crippen LogP contribution is -2.26. The van der Waals surface area contributed by atoms with E-state index < -0.39 is 40.9 Å². The van der Waals surface area contributed by atoms with Gasteiger partial charge in [-0.3, -0.25) is 0 Å². The minimum absolute atomic E-state index is 0.521. The van der Waals surface area contributed by atoms with Crippen LogP contribution in [0.4, 0.5) is 18.9 Å². The van der Waals surface area contributed by atoms with E-state index in [1.807, 2.05) is 0 Å². The lowest BCUT2D eigenvalue weighted by molar-refractivity contribution is -0.137. The number of nitrogens with two attached hydrogens (primary N) is 3. The Hall–Kier alpha value is -2.78. The zero-order chi connectivity index (χ0) is 15.5. The molecule has 20 heavy (non-hydrogen) atoms. The average molecular weight is 289 g/mol. The maximum absolute atomic E-state index is 12.8. The Kier molecular flexibility index (Phi) is 4.17. The van der Waals surface area contributed by atoms with E-state index in [1.165, 1.54) is 0 Å². The summed E-state index contributed by atoms with van der Waals surface area (Å²) in [6.45, 7) is 0. The van der Waals surface area contributed by atoms with Gasteiger partial charge in [0.25, 0.3) is 0 Å². The Morgan fingerprint density at radius 1 is 1.20 bits per heavy atom. The predicted molar refractivity (Wildman–Crippen MR) is 65.5 cm³/mol. The monoisotopic (exact) mass is 289 g/mol. The lowest BCUT2D eigenvalue weighted by Gasteiger charge is -2.11. The van der Waals surface area contributed by atoms with E-state index in [4.69, 9.17) is 22.3 Å². The van der Waals surface area contributed by atoms with E-state index >= 15 is 0 Å². The molecule has 0 aliphatic carbocycles. The van der Waals surface area contributed by atoms with E-state index in [2.05, 4.69) is 9.98 Å². The third kappa shape index (κ3) is 3.60. The quantitative estimate of drug-likeness (QED) is 0.466. The average Bonchev–Trinajstić information content (AvgIpc) is 2.25. The summed E-state index contributed by atoms with van der Waals surface area (Å²) < 4.78 is 38.4. The first-order valence-electron chi connectivity index (χ1n) is 5.00. The summed E-state index contributed by atoms with van der Waals surface area (Å²) in [6, 6.07) is 2.58. The van der Waals surface area contributed by atoms with Crippen molar-refractivity contribution in [2.24, 2.45) is 27.2 Å². The Morgan fingerprint density at radius 3 is 2.25 bits per heavy atom. The van der Waals surface area contributed by atoms with Crippen LogP contribution in [0.15, 0.2) is 28.2 Å². The molecule has 108 valence electrons. The fourth-order valence-electron chi connectivity index (χ4n) is 1.34. The van der Waals surface area contributed by atoms with E-state index in [0.717, 1.165) is 12.1 Å². The Morgan fingerprint density at radius 2 is 1.80 bits per heavy atom.